The number of nitrogens with two attached hydrogens (primary N) is 2. The molecule has 2 amide bonds. The monoisotopic (exact) mass is 567 g/mol. The van der Waals surface area contributed by atoms with E-state index in [2.05, 4.69) is 30.8 Å². The number of carbonyl (C=O) groups is 2. The Labute approximate surface area is 224 Å². The maximum absolute atomic E-state index is 14.4. The number of nitrogens with zero attached hydrogens (tertiary/aromatic N) is 5. The van der Waals surface area contributed by atoms with Crippen molar-refractivity contribution >= 4 is 28.3 Å². The van der Waals surface area contributed by atoms with Gasteiger partial charge in [-0.1, -0.05) is 17.4 Å². The Morgan fingerprint density at radius 3 is 2.62 bits per heavy atom. The molecule has 3 aromatic heterocycles. The summed E-state index contributed by atoms with van der Waals surface area (Å²) in [4.78, 5) is 32.1. The van der Waals surface area contributed by atoms with Crippen LogP contribution in [0.5, 0.6) is 0 Å². The third kappa shape index (κ3) is 9.90. The highest BCUT2D eigenvalue weighted by Gasteiger charge is 2.30. The van der Waals surface area contributed by atoms with Gasteiger partial charge in [0, 0.05) is 30.7 Å². The zero-order valence-electron chi connectivity index (χ0n) is 20.4. The Hall–Kier alpha value is -4.18. The van der Waals surface area contributed by atoms with Crippen molar-refractivity contribution < 1.29 is 27.2 Å². The number of hydrogen-bond donors (Lipinski definition) is 4. The van der Waals surface area contributed by atoms with Gasteiger partial charge in [0.2, 0.25) is 11.0 Å². The molecule has 1 unspecified atom stereocenters. The molecular weight excluding hydrogens is 542 g/mol. The topological polar surface area (TPSA) is 165 Å². The lowest BCUT2D eigenvalue weighted by Gasteiger charge is -2.17. The molecular formula is C23H25F4N9O2S. The van der Waals surface area contributed by atoms with Crippen LogP contribution in [0.25, 0.3) is 0 Å². The molecule has 3 heterocycles. The number of hydrazine groups is 1. The molecule has 0 spiro atoms. The van der Waals surface area contributed by atoms with Gasteiger partial charge in [-0.25, -0.2) is 10.2 Å². The number of hydrogen-bond acceptors (Lipinski definition) is 10. The number of alkyl halides is 4. The van der Waals surface area contributed by atoms with Crippen molar-refractivity contribution in [2.75, 3.05) is 11.9 Å². The average molecular weight is 568 g/mol. The summed E-state index contributed by atoms with van der Waals surface area (Å²) in [6.07, 6.45) is -2.04. The van der Waals surface area contributed by atoms with Crippen LogP contribution in [-0.2, 0) is 35.2 Å². The van der Waals surface area contributed by atoms with Crippen LogP contribution in [0.3, 0.4) is 0 Å². The summed E-state index contributed by atoms with van der Waals surface area (Å²) in [5, 5.41) is 14.4. The lowest BCUT2D eigenvalue weighted by Crippen LogP contribution is -2.36. The molecule has 0 aliphatic heterocycles. The first-order valence-corrected chi connectivity index (χ1v) is 12.3. The van der Waals surface area contributed by atoms with E-state index in [0.717, 1.165) is 40.9 Å². The van der Waals surface area contributed by atoms with Crippen LogP contribution < -0.4 is 22.2 Å². The minimum Gasteiger partial charge on any atom is -0.393 e. The minimum atomic E-state index is -4.54. The van der Waals surface area contributed by atoms with E-state index < -0.39 is 23.8 Å². The van der Waals surface area contributed by atoms with Crippen molar-refractivity contribution in [3.63, 3.8) is 0 Å². The Bertz CT molecular complexity index is 1290. The third-order valence-electron chi connectivity index (χ3n) is 5.00. The van der Waals surface area contributed by atoms with E-state index in [1.54, 1.807) is 24.4 Å². The summed E-state index contributed by atoms with van der Waals surface area (Å²) in [6, 6.07) is 6.86. The summed E-state index contributed by atoms with van der Waals surface area (Å²) >= 11 is 1.11. The van der Waals surface area contributed by atoms with E-state index >= 15 is 0 Å². The van der Waals surface area contributed by atoms with Gasteiger partial charge in [0.1, 0.15) is 16.9 Å². The Morgan fingerprint density at radius 2 is 1.90 bits per heavy atom. The summed E-state index contributed by atoms with van der Waals surface area (Å²) in [5.74, 6) is 4.60. The largest absolute Gasteiger partial charge is 0.416 e. The van der Waals surface area contributed by atoms with Crippen LogP contribution in [0.2, 0.25) is 0 Å². The molecule has 3 aromatic rings. The fraction of sp³-hybridized carbons (Fsp3) is 0.304. The maximum Gasteiger partial charge on any atom is 0.416 e. The van der Waals surface area contributed by atoms with Crippen LogP contribution in [0, 0.1) is 0 Å². The second kappa shape index (κ2) is 13.6. The fourth-order valence-electron chi connectivity index (χ4n) is 3.15. The van der Waals surface area contributed by atoms with E-state index in [1.807, 2.05) is 0 Å². The molecule has 0 aliphatic carbocycles. The van der Waals surface area contributed by atoms with Gasteiger partial charge in [-0.3, -0.25) is 19.6 Å². The lowest BCUT2D eigenvalue weighted by atomic mass is 10.2. The smallest absolute Gasteiger partial charge is 0.393 e. The minimum absolute atomic E-state index is 0.0213. The fourth-order valence-corrected chi connectivity index (χ4v) is 3.92. The van der Waals surface area contributed by atoms with Gasteiger partial charge in [0.25, 0.3) is 5.91 Å². The van der Waals surface area contributed by atoms with Crippen molar-refractivity contribution in [3.8, 4) is 0 Å². The van der Waals surface area contributed by atoms with Gasteiger partial charge in [-0.15, -0.1) is 10.2 Å². The summed E-state index contributed by atoms with van der Waals surface area (Å²) in [6.45, 7) is -0.601. The molecule has 11 nitrogen and oxygen atoms in total. The molecule has 0 radical (unpaired) electrons. The predicted octanol–water partition coefficient (Wildman–Crippen LogP) is 2.09. The number of anilines is 1. The van der Waals surface area contributed by atoms with Crippen LogP contribution >= 0.6 is 11.3 Å². The number of nitrogens with one attached hydrogen (secondary N) is 2. The first-order chi connectivity index (χ1) is 18.5. The Morgan fingerprint density at radius 1 is 1.13 bits per heavy atom. The molecule has 39 heavy (non-hydrogen) atoms. The molecule has 0 aliphatic rings. The van der Waals surface area contributed by atoms with Crippen molar-refractivity contribution in [2.24, 2.45) is 11.6 Å². The van der Waals surface area contributed by atoms with Gasteiger partial charge in [0.15, 0.2) is 0 Å². The number of halogens is 4. The average Bonchev–Trinajstić information content (AvgIpc) is 3.33. The van der Waals surface area contributed by atoms with Crippen molar-refractivity contribution in [1.82, 2.24) is 30.5 Å². The first-order valence-electron chi connectivity index (χ1n) is 11.4. The number of carbonyl (C=O) groups excluding carboxylic acids is 2. The second-order valence-corrected chi connectivity index (χ2v) is 9.24. The van der Waals surface area contributed by atoms with Gasteiger partial charge in [-0.05, 0) is 30.7 Å². The molecule has 6 N–H and O–H groups in total. The SMILES string of the molecule is N/C(=C\N(N)CC(F)CCc1nnc(NC(=O)Cc2ccccn2)s1)C(=O)NCc1cc(C(F)(F)F)ccn1. The molecule has 0 saturated carbocycles. The molecule has 3 rings (SSSR count). The summed E-state index contributed by atoms with van der Waals surface area (Å²) < 4.78 is 52.8. The van der Waals surface area contributed by atoms with Crippen LogP contribution in [0.15, 0.2) is 54.6 Å². The van der Waals surface area contributed by atoms with Crippen molar-refractivity contribution in [1.29, 1.82) is 0 Å². The number of rotatable bonds is 12. The molecule has 0 saturated heterocycles. The highest BCUT2D eigenvalue weighted by Crippen LogP contribution is 2.29. The maximum atomic E-state index is 14.4. The molecule has 0 bridgehead atoms. The molecule has 1 atom stereocenters. The number of pyridine rings is 2. The summed E-state index contributed by atoms with van der Waals surface area (Å²) in [5.41, 5.74) is 4.98. The first kappa shape index (κ1) is 29.4. The van der Waals surface area contributed by atoms with E-state index in [9.17, 15) is 27.2 Å². The van der Waals surface area contributed by atoms with Gasteiger partial charge in [0.05, 0.1) is 30.8 Å². The zero-order chi connectivity index (χ0) is 28.4. The molecule has 0 fully saturated rings. The molecule has 208 valence electrons. The van der Waals surface area contributed by atoms with Gasteiger partial charge >= 0.3 is 6.18 Å². The molecule has 16 heteroatoms. The lowest BCUT2D eigenvalue weighted by molar-refractivity contribution is -0.137. The third-order valence-corrected chi connectivity index (χ3v) is 5.90. The highest BCUT2D eigenvalue weighted by atomic mass is 32.1. The number of aryl methyl sites for hydroxylation is 1. The van der Waals surface area contributed by atoms with Crippen LogP contribution in [0.4, 0.5) is 22.7 Å². The van der Waals surface area contributed by atoms with Gasteiger partial charge in [-0.2, -0.15) is 13.2 Å². The van der Waals surface area contributed by atoms with E-state index in [4.69, 9.17) is 11.6 Å². The summed E-state index contributed by atoms with van der Waals surface area (Å²) in [7, 11) is 0. The number of amides is 2. The number of aromatic nitrogens is 4. The van der Waals surface area contributed by atoms with E-state index in [0.29, 0.717) is 10.7 Å². The van der Waals surface area contributed by atoms with Crippen LogP contribution in [-0.4, -0.2) is 49.7 Å². The van der Waals surface area contributed by atoms with Crippen molar-refractivity contribution in [2.45, 2.75) is 38.2 Å². The standard InChI is InChI=1S/C23H25F4N9O2S/c24-15(4-5-20-34-35-22(39-20)33-19(37)10-16-3-1-2-7-30-16)12-36(29)13-18(28)21(38)32-11-17-9-14(6-8-31-17)23(25,26)27/h1-3,6-9,13,15H,4-5,10-12,28-29H2,(H,32,38)(H,33,35,37)/b18-13-. The van der Waals surface area contributed by atoms with Crippen molar-refractivity contribution in [3.05, 3.63) is 76.6 Å². The quantitative estimate of drug-likeness (QED) is 0.111. The van der Waals surface area contributed by atoms with Crippen LogP contribution in [0.1, 0.15) is 28.4 Å². The normalized spacial score (nSPS) is 12.6. The zero-order valence-corrected chi connectivity index (χ0v) is 21.2. The van der Waals surface area contributed by atoms with E-state index in [-0.39, 0.29) is 54.8 Å². The Kier molecular flexibility index (Phi) is 10.2. The predicted molar refractivity (Wildman–Crippen MR) is 134 cm³/mol. The van der Waals surface area contributed by atoms with E-state index in [1.165, 1.54) is 0 Å². The highest BCUT2D eigenvalue weighted by molar-refractivity contribution is 7.15. The van der Waals surface area contributed by atoms with Gasteiger partial charge < -0.3 is 21.4 Å². The second-order valence-electron chi connectivity index (χ2n) is 8.18. The Balaban J connectivity index is 1.40. The molecule has 0 aromatic carbocycles.